The van der Waals surface area contributed by atoms with Crippen LogP contribution in [0.5, 0.6) is 0 Å². The quantitative estimate of drug-likeness (QED) is 0.413. The lowest BCUT2D eigenvalue weighted by atomic mass is 9.95. The average molecular weight is 424 g/mol. The molecule has 162 valence electrons. The van der Waals surface area contributed by atoms with Crippen LogP contribution >= 0.6 is 0 Å². The summed E-state index contributed by atoms with van der Waals surface area (Å²) in [5.41, 5.74) is 0.838. The van der Waals surface area contributed by atoms with Crippen LogP contribution in [0.4, 0.5) is 4.39 Å². The highest BCUT2D eigenvalue weighted by Gasteiger charge is 2.43. The zero-order valence-electron chi connectivity index (χ0n) is 17.2. The Hall–Kier alpha value is -3.03. The van der Waals surface area contributed by atoms with Crippen LogP contribution in [0.1, 0.15) is 23.6 Å². The van der Waals surface area contributed by atoms with Crippen LogP contribution in [-0.2, 0) is 14.3 Å². The second-order valence-corrected chi connectivity index (χ2v) is 7.86. The number of nitrogens with one attached hydrogen (secondary N) is 1. The Bertz CT molecular complexity index is 969. The smallest absolute Gasteiger partial charge is 0.295 e. The molecule has 0 aliphatic carbocycles. The van der Waals surface area contributed by atoms with Crippen molar-refractivity contribution in [2.75, 3.05) is 39.4 Å². The second kappa shape index (κ2) is 9.41. The van der Waals surface area contributed by atoms with Crippen LogP contribution in [0, 0.1) is 5.82 Å². The summed E-state index contributed by atoms with van der Waals surface area (Å²) >= 11 is 0. The number of rotatable bonds is 6. The molecule has 0 aromatic heterocycles. The number of nitrogens with zero attached hydrogens (tertiary/aromatic N) is 1. The lowest BCUT2D eigenvalue weighted by molar-refractivity contribution is -0.908. The van der Waals surface area contributed by atoms with Crippen molar-refractivity contribution in [3.05, 3.63) is 77.1 Å². The Balaban J connectivity index is 1.64. The predicted molar refractivity (Wildman–Crippen MR) is 110 cm³/mol. The minimum atomic E-state index is -0.776. The SMILES string of the molecule is O=C1C(=O)N(CCC[NH+]2CCOCC2)C(c2ccccc2)C1=C([O-])c1ccc(F)cc1. The van der Waals surface area contributed by atoms with Gasteiger partial charge in [0.15, 0.2) is 0 Å². The lowest BCUT2D eigenvalue weighted by Gasteiger charge is -2.29. The van der Waals surface area contributed by atoms with Gasteiger partial charge in [-0.3, -0.25) is 9.59 Å². The van der Waals surface area contributed by atoms with Gasteiger partial charge in [0.05, 0.1) is 25.8 Å². The lowest BCUT2D eigenvalue weighted by Crippen LogP contribution is -3.14. The molecule has 2 aliphatic heterocycles. The number of benzene rings is 2. The van der Waals surface area contributed by atoms with Crippen molar-refractivity contribution in [2.45, 2.75) is 12.5 Å². The molecule has 1 N–H and O–H groups in total. The van der Waals surface area contributed by atoms with Crippen LogP contribution in [0.2, 0.25) is 0 Å². The van der Waals surface area contributed by atoms with Crippen molar-refractivity contribution in [1.29, 1.82) is 0 Å². The Kier molecular flexibility index (Phi) is 6.44. The van der Waals surface area contributed by atoms with E-state index in [1.807, 2.05) is 30.3 Å². The minimum absolute atomic E-state index is 0.0680. The predicted octanol–water partition coefficient (Wildman–Crippen LogP) is 0.355. The van der Waals surface area contributed by atoms with Gasteiger partial charge in [0.1, 0.15) is 18.9 Å². The van der Waals surface area contributed by atoms with Crippen LogP contribution in [0.3, 0.4) is 0 Å². The van der Waals surface area contributed by atoms with Gasteiger partial charge in [-0.15, -0.1) is 0 Å². The highest BCUT2D eigenvalue weighted by atomic mass is 19.1. The molecule has 0 radical (unpaired) electrons. The average Bonchev–Trinajstić information content (AvgIpc) is 3.05. The Labute approximate surface area is 180 Å². The first-order valence-corrected chi connectivity index (χ1v) is 10.5. The number of Topliss-reactive ketones (excluding diaryl/α,β-unsaturated/α-hetero) is 1. The molecule has 2 heterocycles. The topological polar surface area (TPSA) is 74.1 Å². The molecule has 1 unspecified atom stereocenters. The number of hydrogen-bond donors (Lipinski definition) is 1. The van der Waals surface area contributed by atoms with Crippen LogP contribution < -0.4 is 10.0 Å². The molecule has 2 fully saturated rings. The summed E-state index contributed by atoms with van der Waals surface area (Å²) in [6.07, 6.45) is 0.718. The van der Waals surface area contributed by atoms with Gasteiger partial charge in [0.2, 0.25) is 5.78 Å². The molecule has 2 aromatic carbocycles. The molecule has 1 atom stereocenters. The molecule has 0 spiro atoms. The van der Waals surface area contributed by atoms with E-state index in [1.165, 1.54) is 34.1 Å². The van der Waals surface area contributed by atoms with E-state index < -0.39 is 29.3 Å². The standard InChI is InChI=1S/C24H25FN2O4/c25-19-9-7-18(8-10-19)22(28)20-21(17-5-2-1-3-6-17)27(24(30)23(20)29)12-4-11-26-13-15-31-16-14-26/h1-3,5-10,21,28H,4,11-16H2. The van der Waals surface area contributed by atoms with Gasteiger partial charge >= 0.3 is 0 Å². The molecule has 0 bridgehead atoms. The zero-order valence-corrected chi connectivity index (χ0v) is 17.2. The first kappa shape index (κ1) is 21.2. The van der Waals surface area contributed by atoms with Crippen molar-refractivity contribution in [3.63, 3.8) is 0 Å². The van der Waals surface area contributed by atoms with Gasteiger partial charge in [-0.05, 0) is 23.3 Å². The molecular weight excluding hydrogens is 399 g/mol. The fourth-order valence-corrected chi connectivity index (χ4v) is 4.25. The Morgan fingerprint density at radius 2 is 1.74 bits per heavy atom. The third-order valence-corrected chi connectivity index (χ3v) is 5.88. The van der Waals surface area contributed by atoms with Crippen molar-refractivity contribution in [2.24, 2.45) is 0 Å². The summed E-state index contributed by atoms with van der Waals surface area (Å²) < 4.78 is 18.7. The molecule has 2 aliphatic rings. The number of halogens is 1. The molecule has 2 saturated heterocycles. The summed E-state index contributed by atoms with van der Waals surface area (Å²) in [5.74, 6) is -2.44. The van der Waals surface area contributed by atoms with E-state index in [9.17, 15) is 19.1 Å². The summed E-state index contributed by atoms with van der Waals surface area (Å²) in [4.78, 5) is 28.7. The number of quaternary nitrogens is 1. The van der Waals surface area contributed by atoms with Gasteiger partial charge in [0.25, 0.3) is 5.91 Å². The third-order valence-electron chi connectivity index (χ3n) is 5.88. The minimum Gasteiger partial charge on any atom is -0.872 e. The van der Waals surface area contributed by atoms with E-state index in [0.717, 1.165) is 39.3 Å². The molecule has 4 rings (SSSR count). The third kappa shape index (κ3) is 4.52. The Morgan fingerprint density at radius 1 is 1.06 bits per heavy atom. The van der Waals surface area contributed by atoms with Gasteiger partial charge < -0.3 is 19.6 Å². The van der Waals surface area contributed by atoms with Crippen molar-refractivity contribution in [1.82, 2.24) is 4.90 Å². The van der Waals surface area contributed by atoms with E-state index in [0.29, 0.717) is 12.1 Å². The van der Waals surface area contributed by atoms with Gasteiger partial charge in [-0.1, -0.05) is 48.2 Å². The van der Waals surface area contributed by atoms with E-state index in [2.05, 4.69) is 0 Å². The molecule has 2 aromatic rings. The summed E-state index contributed by atoms with van der Waals surface area (Å²) in [7, 11) is 0. The molecule has 31 heavy (non-hydrogen) atoms. The number of carbonyl (C=O) groups is 2. The first-order valence-electron chi connectivity index (χ1n) is 10.5. The number of ketones is 1. The largest absolute Gasteiger partial charge is 0.872 e. The van der Waals surface area contributed by atoms with Gasteiger partial charge in [-0.2, -0.15) is 0 Å². The maximum atomic E-state index is 13.3. The second-order valence-electron chi connectivity index (χ2n) is 7.86. The summed E-state index contributed by atoms with van der Waals surface area (Å²) in [5, 5.41) is 13.2. The van der Waals surface area contributed by atoms with E-state index in [-0.39, 0.29) is 11.1 Å². The molecule has 1 amide bonds. The van der Waals surface area contributed by atoms with Crippen molar-refractivity contribution >= 4 is 17.4 Å². The van der Waals surface area contributed by atoms with Crippen molar-refractivity contribution in [3.8, 4) is 0 Å². The molecule has 0 saturated carbocycles. The molecular formula is C24H25FN2O4. The number of ether oxygens (including phenoxy) is 1. The number of hydrogen-bond acceptors (Lipinski definition) is 4. The van der Waals surface area contributed by atoms with Crippen molar-refractivity contribution < 1.29 is 28.7 Å². The monoisotopic (exact) mass is 424 g/mol. The van der Waals surface area contributed by atoms with Gasteiger partial charge in [0, 0.05) is 18.5 Å². The Morgan fingerprint density at radius 3 is 2.42 bits per heavy atom. The van der Waals surface area contributed by atoms with E-state index in [4.69, 9.17) is 4.74 Å². The van der Waals surface area contributed by atoms with E-state index >= 15 is 0 Å². The number of likely N-dealkylation sites (tertiary alicyclic amines) is 1. The zero-order chi connectivity index (χ0) is 21.8. The fraction of sp³-hybridized carbons (Fsp3) is 0.333. The summed E-state index contributed by atoms with van der Waals surface area (Å²) in [6, 6.07) is 13.4. The normalized spacial score (nSPS) is 21.6. The first-order chi connectivity index (χ1) is 15.1. The highest BCUT2D eigenvalue weighted by molar-refractivity contribution is 6.46. The van der Waals surface area contributed by atoms with Crippen LogP contribution in [0.25, 0.3) is 5.76 Å². The number of amides is 1. The molecule has 7 heteroatoms. The maximum absolute atomic E-state index is 13.3. The highest BCUT2D eigenvalue weighted by Crippen LogP contribution is 2.38. The number of morpholine rings is 1. The number of carbonyl (C=O) groups excluding carboxylic acids is 2. The van der Waals surface area contributed by atoms with Gasteiger partial charge in [-0.25, -0.2) is 4.39 Å². The van der Waals surface area contributed by atoms with Crippen LogP contribution in [-0.4, -0.2) is 56.0 Å². The molecule has 6 nitrogen and oxygen atoms in total. The van der Waals surface area contributed by atoms with Crippen LogP contribution in [0.15, 0.2) is 60.2 Å². The fourth-order valence-electron chi connectivity index (χ4n) is 4.25. The summed E-state index contributed by atoms with van der Waals surface area (Å²) in [6.45, 7) is 4.56. The van der Waals surface area contributed by atoms with E-state index in [1.54, 1.807) is 0 Å². The maximum Gasteiger partial charge on any atom is 0.295 e.